The summed E-state index contributed by atoms with van der Waals surface area (Å²) in [6.07, 6.45) is 1.25. The number of methoxy groups -OCH3 is 1. The summed E-state index contributed by atoms with van der Waals surface area (Å²) < 4.78 is 4.93. The molecule has 0 spiro atoms. The van der Waals surface area contributed by atoms with E-state index in [0.717, 1.165) is 0 Å². The molecular formula is C13H12N2O6. The van der Waals surface area contributed by atoms with Crippen LogP contribution in [0.3, 0.4) is 0 Å². The number of imide groups is 1. The number of para-hydroxylation sites is 1. The van der Waals surface area contributed by atoms with Crippen molar-refractivity contribution >= 4 is 24.0 Å². The second kappa shape index (κ2) is 5.53. The molecule has 1 saturated heterocycles. The first-order valence-electron chi connectivity index (χ1n) is 5.86. The standard InChI is InChI=1S/C13H12N2O6/c1-21-9-4-2-3-7(11(9)18)5-8-12(19)15(6-10(16)17)13(20)14-8/h2-5,18H,6H2,1H3,(H,14,20)(H,16,17)/b8-5-. The van der Waals surface area contributed by atoms with E-state index in [-0.39, 0.29) is 22.8 Å². The molecule has 2 rings (SSSR count). The van der Waals surface area contributed by atoms with Gasteiger partial charge in [-0.15, -0.1) is 0 Å². The highest BCUT2D eigenvalue weighted by Crippen LogP contribution is 2.31. The van der Waals surface area contributed by atoms with E-state index < -0.39 is 24.5 Å². The third-order valence-electron chi connectivity index (χ3n) is 2.81. The first-order valence-corrected chi connectivity index (χ1v) is 5.86. The molecule has 1 heterocycles. The number of carbonyl (C=O) groups is 3. The van der Waals surface area contributed by atoms with Crippen LogP contribution < -0.4 is 10.1 Å². The molecule has 0 unspecified atom stereocenters. The smallest absolute Gasteiger partial charge is 0.329 e. The normalized spacial score (nSPS) is 16.2. The van der Waals surface area contributed by atoms with Crippen LogP contribution in [0.25, 0.3) is 6.08 Å². The van der Waals surface area contributed by atoms with Gasteiger partial charge in [0.15, 0.2) is 11.5 Å². The summed E-state index contributed by atoms with van der Waals surface area (Å²) in [5, 5.41) is 20.8. The largest absolute Gasteiger partial charge is 0.504 e. The van der Waals surface area contributed by atoms with Crippen molar-refractivity contribution in [3.63, 3.8) is 0 Å². The van der Waals surface area contributed by atoms with Gasteiger partial charge in [0, 0.05) is 5.56 Å². The Labute approximate surface area is 119 Å². The quantitative estimate of drug-likeness (QED) is 0.545. The van der Waals surface area contributed by atoms with E-state index in [2.05, 4.69) is 5.32 Å². The molecule has 1 fully saturated rings. The number of hydrogen-bond acceptors (Lipinski definition) is 5. The molecule has 1 aliphatic rings. The van der Waals surface area contributed by atoms with Gasteiger partial charge in [-0.3, -0.25) is 9.59 Å². The third kappa shape index (κ3) is 2.78. The number of phenolic OH excluding ortho intramolecular Hbond substituents is 1. The predicted octanol–water partition coefficient (Wildman–Crippen LogP) is 0.378. The zero-order valence-corrected chi connectivity index (χ0v) is 11.0. The average Bonchev–Trinajstić information content (AvgIpc) is 2.68. The van der Waals surface area contributed by atoms with E-state index in [9.17, 15) is 19.5 Å². The number of rotatable bonds is 4. The Balaban J connectivity index is 2.33. The molecule has 3 amide bonds. The van der Waals surface area contributed by atoms with Crippen molar-refractivity contribution < 1.29 is 29.3 Å². The molecule has 0 atom stereocenters. The highest BCUT2D eigenvalue weighted by molar-refractivity contribution is 6.15. The van der Waals surface area contributed by atoms with E-state index >= 15 is 0 Å². The fourth-order valence-electron chi connectivity index (χ4n) is 1.83. The summed E-state index contributed by atoms with van der Waals surface area (Å²) >= 11 is 0. The van der Waals surface area contributed by atoms with Crippen LogP contribution in [-0.2, 0) is 9.59 Å². The predicted molar refractivity (Wildman–Crippen MR) is 70.5 cm³/mol. The number of carboxylic acids is 1. The summed E-state index contributed by atoms with van der Waals surface area (Å²) in [5.41, 5.74) is 0.139. The summed E-state index contributed by atoms with van der Waals surface area (Å²) in [5.74, 6) is -2.05. The molecule has 0 aliphatic carbocycles. The molecule has 110 valence electrons. The van der Waals surface area contributed by atoms with Crippen LogP contribution in [-0.4, -0.2) is 46.7 Å². The van der Waals surface area contributed by atoms with E-state index in [1.54, 1.807) is 6.07 Å². The molecule has 0 saturated carbocycles. The average molecular weight is 292 g/mol. The van der Waals surface area contributed by atoms with Gasteiger partial charge in [-0.25, -0.2) is 9.69 Å². The van der Waals surface area contributed by atoms with Gasteiger partial charge in [0.25, 0.3) is 5.91 Å². The number of phenols is 1. The maximum absolute atomic E-state index is 11.9. The molecule has 0 bridgehead atoms. The highest BCUT2D eigenvalue weighted by atomic mass is 16.5. The SMILES string of the molecule is COc1cccc(/C=C2\NC(=O)N(CC(=O)O)C2=O)c1O. The maximum Gasteiger partial charge on any atom is 0.329 e. The fraction of sp³-hybridized carbons (Fsp3) is 0.154. The Bertz CT molecular complexity index is 652. The van der Waals surface area contributed by atoms with Gasteiger partial charge >= 0.3 is 12.0 Å². The van der Waals surface area contributed by atoms with E-state index in [1.165, 1.54) is 25.3 Å². The van der Waals surface area contributed by atoms with Crippen molar-refractivity contribution in [3.8, 4) is 11.5 Å². The fourth-order valence-corrected chi connectivity index (χ4v) is 1.83. The number of aliphatic carboxylic acids is 1. The van der Waals surface area contributed by atoms with E-state index in [0.29, 0.717) is 4.90 Å². The molecule has 3 N–H and O–H groups in total. The van der Waals surface area contributed by atoms with Crippen LogP contribution in [0.5, 0.6) is 11.5 Å². The molecular weight excluding hydrogens is 280 g/mol. The molecule has 21 heavy (non-hydrogen) atoms. The van der Waals surface area contributed by atoms with Gasteiger partial charge in [-0.2, -0.15) is 0 Å². The van der Waals surface area contributed by atoms with Crippen molar-refractivity contribution in [1.29, 1.82) is 0 Å². The zero-order valence-electron chi connectivity index (χ0n) is 11.0. The zero-order chi connectivity index (χ0) is 15.6. The number of carboxylic acid groups (broad SMARTS) is 1. The number of ether oxygens (including phenoxy) is 1. The summed E-state index contributed by atoms with van der Waals surface area (Å²) in [6, 6.07) is 3.82. The number of aromatic hydroxyl groups is 1. The van der Waals surface area contributed by atoms with Gasteiger partial charge in [0.2, 0.25) is 0 Å². The van der Waals surface area contributed by atoms with Crippen molar-refractivity contribution in [3.05, 3.63) is 29.5 Å². The molecule has 1 aromatic carbocycles. The Kier molecular flexibility index (Phi) is 3.79. The molecule has 8 heteroatoms. The number of urea groups is 1. The molecule has 1 aliphatic heterocycles. The minimum absolute atomic E-state index is 0.121. The van der Waals surface area contributed by atoms with Crippen molar-refractivity contribution in [1.82, 2.24) is 10.2 Å². The van der Waals surface area contributed by atoms with Crippen LogP contribution in [0.15, 0.2) is 23.9 Å². The summed E-state index contributed by atoms with van der Waals surface area (Å²) in [7, 11) is 1.38. The van der Waals surface area contributed by atoms with Crippen molar-refractivity contribution in [2.45, 2.75) is 0 Å². The summed E-state index contributed by atoms with van der Waals surface area (Å²) in [4.78, 5) is 34.6. The molecule has 1 aromatic rings. The summed E-state index contributed by atoms with van der Waals surface area (Å²) in [6.45, 7) is -0.730. The number of hydrogen-bond donors (Lipinski definition) is 3. The second-order valence-corrected chi connectivity index (χ2v) is 4.17. The van der Waals surface area contributed by atoms with E-state index in [1.807, 2.05) is 0 Å². The lowest BCUT2D eigenvalue weighted by Crippen LogP contribution is -2.35. The monoisotopic (exact) mass is 292 g/mol. The lowest BCUT2D eigenvalue weighted by atomic mass is 10.1. The first-order chi connectivity index (χ1) is 9.93. The molecule has 8 nitrogen and oxygen atoms in total. The number of benzene rings is 1. The Morgan fingerprint density at radius 3 is 2.76 bits per heavy atom. The Hall–Kier alpha value is -3.03. The Morgan fingerprint density at radius 2 is 2.14 bits per heavy atom. The second-order valence-electron chi connectivity index (χ2n) is 4.17. The van der Waals surface area contributed by atoms with Gasteiger partial charge in [0.05, 0.1) is 7.11 Å². The lowest BCUT2D eigenvalue weighted by molar-refractivity contribution is -0.140. The minimum atomic E-state index is -1.30. The van der Waals surface area contributed by atoms with Crippen LogP contribution in [0.1, 0.15) is 5.56 Å². The van der Waals surface area contributed by atoms with Gasteiger partial charge in [0.1, 0.15) is 12.2 Å². The molecule has 0 aromatic heterocycles. The third-order valence-corrected chi connectivity index (χ3v) is 2.81. The van der Waals surface area contributed by atoms with E-state index in [4.69, 9.17) is 9.84 Å². The number of amides is 3. The van der Waals surface area contributed by atoms with Crippen LogP contribution >= 0.6 is 0 Å². The number of nitrogens with zero attached hydrogens (tertiary/aromatic N) is 1. The lowest BCUT2D eigenvalue weighted by Gasteiger charge is -2.07. The topological polar surface area (TPSA) is 116 Å². The maximum atomic E-state index is 11.9. The van der Waals surface area contributed by atoms with Crippen LogP contribution in [0.4, 0.5) is 4.79 Å². The van der Waals surface area contributed by atoms with Gasteiger partial charge in [-0.1, -0.05) is 12.1 Å². The van der Waals surface area contributed by atoms with Crippen LogP contribution in [0.2, 0.25) is 0 Å². The number of carbonyl (C=O) groups excluding carboxylic acids is 2. The first kappa shape index (κ1) is 14.4. The highest BCUT2D eigenvalue weighted by Gasteiger charge is 2.35. The van der Waals surface area contributed by atoms with Gasteiger partial charge < -0.3 is 20.3 Å². The van der Waals surface area contributed by atoms with Crippen molar-refractivity contribution in [2.75, 3.05) is 13.7 Å². The minimum Gasteiger partial charge on any atom is -0.504 e. The van der Waals surface area contributed by atoms with Crippen LogP contribution in [0, 0.1) is 0 Å². The van der Waals surface area contributed by atoms with Gasteiger partial charge in [-0.05, 0) is 12.1 Å². The molecule has 0 radical (unpaired) electrons. The van der Waals surface area contributed by atoms with Crippen molar-refractivity contribution in [2.24, 2.45) is 0 Å². The Morgan fingerprint density at radius 1 is 1.43 bits per heavy atom. The number of nitrogens with one attached hydrogen (secondary N) is 1.